The fraction of sp³-hybridized carbons (Fsp3) is 0.214. The summed E-state index contributed by atoms with van der Waals surface area (Å²) >= 11 is 6.01. The third-order valence-electron chi connectivity index (χ3n) is 2.81. The Morgan fingerprint density at radius 2 is 2.05 bits per heavy atom. The summed E-state index contributed by atoms with van der Waals surface area (Å²) in [6.45, 7) is 0.108. The number of carbonyl (C=O) groups excluding carboxylic acids is 2. The molecule has 0 atom stereocenters. The molecule has 0 aliphatic carbocycles. The van der Waals surface area contributed by atoms with E-state index < -0.39 is 0 Å². The number of amides is 2. The van der Waals surface area contributed by atoms with Crippen molar-refractivity contribution < 1.29 is 9.59 Å². The minimum atomic E-state index is -0.192. The maximum absolute atomic E-state index is 11.9. The minimum Gasteiger partial charge on any atom is -0.358 e. The summed E-state index contributed by atoms with van der Waals surface area (Å²) in [6.07, 6.45) is 3.27. The van der Waals surface area contributed by atoms with Crippen molar-refractivity contribution in [1.82, 2.24) is 15.1 Å². The molecule has 0 unspecified atom stereocenters. The monoisotopic (exact) mass is 306 g/mol. The highest BCUT2D eigenvalue weighted by molar-refractivity contribution is 6.31. The van der Waals surface area contributed by atoms with Gasteiger partial charge in [-0.05, 0) is 11.6 Å². The molecule has 110 valence electrons. The standard InChI is InChI=1S/C14H15ClN4O2/c1-16-14(21)9-19-8-11(7-17-19)18-13(20)6-10-4-2-3-5-12(10)15/h2-5,7-8H,6,9H2,1H3,(H,16,21)(H,18,20). The Morgan fingerprint density at radius 3 is 2.76 bits per heavy atom. The molecule has 7 heteroatoms. The minimum absolute atomic E-state index is 0.108. The zero-order valence-electron chi connectivity index (χ0n) is 11.5. The van der Waals surface area contributed by atoms with Crippen LogP contribution in [0, 0.1) is 0 Å². The molecule has 0 saturated heterocycles. The van der Waals surface area contributed by atoms with E-state index in [4.69, 9.17) is 11.6 Å². The van der Waals surface area contributed by atoms with Gasteiger partial charge in [0.2, 0.25) is 11.8 Å². The number of benzene rings is 1. The van der Waals surface area contributed by atoms with E-state index in [1.54, 1.807) is 25.4 Å². The third kappa shape index (κ3) is 4.32. The first-order valence-corrected chi connectivity index (χ1v) is 6.72. The van der Waals surface area contributed by atoms with E-state index in [0.29, 0.717) is 10.7 Å². The van der Waals surface area contributed by atoms with Crippen LogP contribution in [-0.4, -0.2) is 28.6 Å². The SMILES string of the molecule is CNC(=O)Cn1cc(NC(=O)Cc2ccccc2Cl)cn1. The first-order valence-electron chi connectivity index (χ1n) is 6.35. The second-order valence-electron chi connectivity index (χ2n) is 4.42. The predicted octanol–water partition coefficient (Wildman–Crippen LogP) is 1.46. The highest BCUT2D eigenvalue weighted by atomic mass is 35.5. The lowest BCUT2D eigenvalue weighted by Gasteiger charge is -2.04. The molecule has 21 heavy (non-hydrogen) atoms. The molecular formula is C14H15ClN4O2. The fourth-order valence-corrected chi connectivity index (χ4v) is 1.96. The molecule has 1 aromatic carbocycles. The molecule has 0 bridgehead atoms. The van der Waals surface area contributed by atoms with E-state index in [-0.39, 0.29) is 24.8 Å². The van der Waals surface area contributed by atoms with Gasteiger partial charge in [0, 0.05) is 18.3 Å². The molecule has 0 spiro atoms. The molecular weight excluding hydrogens is 292 g/mol. The molecule has 0 aliphatic rings. The summed E-state index contributed by atoms with van der Waals surface area (Å²) in [5.74, 6) is -0.352. The molecule has 1 heterocycles. The summed E-state index contributed by atoms with van der Waals surface area (Å²) in [5.41, 5.74) is 1.30. The van der Waals surface area contributed by atoms with Gasteiger partial charge in [-0.2, -0.15) is 5.10 Å². The van der Waals surface area contributed by atoms with Gasteiger partial charge in [0.05, 0.1) is 18.3 Å². The van der Waals surface area contributed by atoms with Gasteiger partial charge >= 0.3 is 0 Å². The predicted molar refractivity (Wildman–Crippen MR) is 80.1 cm³/mol. The first-order chi connectivity index (χ1) is 10.1. The highest BCUT2D eigenvalue weighted by Gasteiger charge is 2.09. The van der Waals surface area contributed by atoms with Crippen LogP contribution in [0.1, 0.15) is 5.56 Å². The van der Waals surface area contributed by atoms with Crippen molar-refractivity contribution in [2.45, 2.75) is 13.0 Å². The summed E-state index contributed by atoms with van der Waals surface area (Å²) in [7, 11) is 1.55. The molecule has 0 radical (unpaired) electrons. The number of anilines is 1. The molecule has 0 fully saturated rings. The molecule has 0 aliphatic heterocycles. The topological polar surface area (TPSA) is 76.0 Å². The van der Waals surface area contributed by atoms with Crippen LogP contribution in [0.15, 0.2) is 36.7 Å². The van der Waals surface area contributed by atoms with E-state index >= 15 is 0 Å². The zero-order chi connectivity index (χ0) is 15.2. The summed E-state index contributed by atoms with van der Waals surface area (Å²) < 4.78 is 1.45. The number of aromatic nitrogens is 2. The number of hydrogen-bond donors (Lipinski definition) is 2. The van der Waals surface area contributed by atoms with E-state index in [9.17, 15) is 9.59 Å². The van der Waals surface area contributed by atoms with Crippen molar-refractivity contribution in [3.05, 3.63) is 47.2 Å². The summed E-state index contributed by atoms with van der Waals surface area (Å²) in [6, 6.07) is 7.19. The second-order valence-corrected chi connectivity index (χ2v) is 4.82. The lowest BCUT2D eigenvalue weighted by molar-refractivity contribution is -0.121. The van der Waals surface area contributed by atoms with Crippen molar-refractivity contribution in [3.8, 4) is 0 Å². The van der Waals surface area contributed by atoms with Crippen LogP contribution in [0.25, 0.3) is 0 Å². The Labute approximate surface area is 127 Å². The van der Waals surface area contributed by atoms with E-state index in [0.717, 1.165) is 5.56 Å². The van der Waals surface area contributed by atoms with Gasteiger partial charge in [0.15, 0.2) is 0 Å². The molecule has 0 saturated carbocycles. The number of halogens is 1. The van der Waals surface area contributed by atoms with Crippen molar-refractivity contribution in [1.29, 1.82) is 0 Å². The van der Waals surface area contributed by atoms with Gasteiger partial charge in [-0.15, -0.1) is 0 Å². The molecule has 2 amide bonds. The van der Waals surface area contributed by atoms with Crippen LogP contribution in [-0.2, 0) is 22.6 Å². The van der Waals surface area contributed by atoms with Crippen molar-refractivity contribution in [2.75, 3.05) is 12.4 Å². The van der Waals surface area contributed by atoms with Gasteiger partial charge in [-0.25, -0.2) is 0 Å². The second kappa shape index (κ2) is 6.90. The van der Waals surface area contributed by atoms with E-state index in [2.05, 4.69) is 15.7 Å². The Kier molecular flexibility index (Phi) is 4.94. The van der Waals surface area contributed by atoms with Crippen LogP contribution in [0.2, 0.25) is 5.02 Å². The molecule has 1 aromatic heterocycles. The molecule has 2 rings (SSSR count). The van der Waals surface area contributed by atoms with Crippen molar-refractivity contribution in [3.63, 3.8) is 0 Å². The average molecular weight is 307 g/mol. The van der Waals surface area contributed by atoms with Gasteiger partial charge < -0.3 is 10.6 Å². The Bertz CT molecular complexity index is 654. The summed E-state index contributed by atoms with van der Waals surface area (Å²) in [4.78, 5) is 23.2. The molecule has 2 aromatic rings. The average Bonchev–Trinajstić information content (AvgIpc) is 2.88. The number of hydrogen-bond acceptors (Lipinski definition) is 3. The highest BCUT2D eigenvalue weighted by Crippen LogP contribution is 2.16. The largest absolute Gasteiger partial charge is 0.358 e. The molecule has 6 nitrogen and oxygen atoms in total. The number of rotatable bonds is 5. The van der Waals surface area contributed by atoms with Crippen molar-refractivity contribution >= 4 is 29.1 Å². The quantitative estimate of drug-likeness (QED) is 0.878. The number of carbonyl (C=O) groups is 2. The number of nitrogens with one attached hydrogen (secondary N) is 2. The van der Waals surface area contributed by atoms with Gasteiger partial charge in [-0.3, -0.25) is 14.3 Å². The van der Waals surface area contributed by atoms with Crippen molar-refractivity contribution in [2.24, 2.45) is 0 Å². The normalized spacial score (nSPS) is 10.2. The number of likely N-dealkylation sites (N-methyl/N-ethyl adjacent to an activating group) is 1. The third-order valence-corrected chi connectivity index (χ3v) is 3.18. The van der Waals surface area contributed by atoms with Crippen LogP contribution in [0.4, 0.5) is 5.69 Å². The first kappa shape index (κ1) is 15.1. The lowest BCUT2D eigenvalue weighted by atomic mass is 10.1. The van der Waals surface area contributed by atoms with Gasteiger partial charge in [0.1, 0.15) is 6.54 Å². The smallest absolute Gasteiger partial charge is 0.241 e. The van der Waals surface area contributed by atoms with Crippen LogP contribution in [0.5, 0.6) is 0 Å². The Morgan fingerprint density at radius 1 is 1.29 bits per heavy atom. The lowest BCUT2D eigenvalue weighted by Crippen LogP contribution is -2.23. The van der Waals surface area contributed by atoms with Gasteiger partial charge in [-0.1, -0.05) is 29.8 Å². The maximum atomic E-state index is 11.9. The summed E-state index contributed by atoms with van der Waals surface area (Å²) in [5, 5.41) is 9.77. The zero-order valence-corrected chi connectivity index (χ0v) is 12.2. The molecule has 2 N–H and O–H groups in total. The Hall–Kier alpha value is -2.34. The van der Waals surface area contributed by atoms with Crippen LogP contribution < -0.4 is 10.6 Å². The van der Waals surface area contributed by atoms with E-state index in [1.807, 2.05) is 12.1 Å². The van der Waals surface area contributed by atoms with Gasteiger partial charge in [0.25, 0.3) is 0 Å². The van der Waals surface area contributed by atoms with Crippen LogP contribution in [0.3, 0.4) is 0 Å². The van der Waals surface area contributed by atoms with E-state index in [1.165, 1.54) is 10.9 Å². The maximum Gasteiger partial charge on any atom is 0.241 e. The number of nitrogens with zero attached hydrogens (tertiary/aromatic N) is 2. The fourth-order valence-electron chi connectivity index (χ4n) is 1.76. The Balaban J connectivity index is 1.94. The van der Waals surface area contributed by atoms with Crippen LogP contribution >= 0.6 is 11.6 Å².